The van der Waals surface area contributed by atoms with Crippen molar-refractivity contribution >= 4 is 13.7 Å². The maximum Gasteiger partial charge on any atom is 0.403 e. The van der Waals surface area contributed by atoms with E-state index in [1.165, 1.54) is 0 Å². The fourth-order valence-corrected chi connectivity index (χ4v) is 2.29. The van der Waals surface area contributed by atoms with E-state index in [1.807, 2.05) is 0 Å². The maximum atomic E-state index is 10.7. The molecule has 3 N–H and O–H groups in total. The van der Waals surface area contributed by atoms with Crippen molar-refractivity contribution in [3.8, 4) is 0 Å². The molecule has 1 aliphatic heterocycles. The van der Waals surface area contributed by atoms with Crippen LogP contribution in [0.4, 0.5) is 0 Å². The molecule has 7 heteroatoms. The van der Waals surface area contributed by atoms with Gasteiger partial charge in [0, 0.05) is 6.54 Å². The summed E-state index contributed by atoms with van der Waals surface area (Å²) >= 11 is 0. The molecule has 0 aromatic carbocycles. The molecule has 1 aliphatic rings. The lowest BCUT2D eigenvalue weighted by Crippen LogP contribution is -2.33. The number of hydrogen-bond donors (Lipinski definition) is 3. The molecule has 0 saturated carbocycles. The Labute approximate surface area is 69.0 Å². The Morgan fingerprint density at radius 1 is 1.50 bits per heavy atom. The maximum absolute atomic E-state index is 10.7. The molecule has 1 atom stereocenters. The smallest absolute Gasteiger partial charge is 0.403 e. The minimum atomic E-state index is -4.37. The Hall–Kier alpha value is -0.420. The van der Waals surface area contributed by atoms with Crippen LogP contribution in [0.15, 0.2) is 0 Å². The standard InChI is InChI=1S/C5H10NO5P/c7-5(8)4-2-1-3-6(4)12(9,10)11/h4H,1-3H2,(H,7,8)(H2,9,10,11)/t4-/m0/s1. The second-order valence-corrected chi connectivity index (χ2v) is 4.21. The van der Waals surface area contributed by atoms with Crippen molar-refractivity contribution < 1.29 is 24.3 Å². The van der Waals surface area contributed by atoms with Crippen LogP contribution in [0.5, 0.6) is 0 Å². The van der Waals surface area contributed by atoms with E-state index in [9.17, 15) is 9.36 Å². The zero-order valence-corrected chi connectivity index (χ0v) is 7.15. The van der Waals surface area contributed by atoms with Crippen molar-refractivity contribution in [3.05, 3.63) is 0 Å². The first-order chi connectivity index (χ1) is 5.43. The Kier molecular flexibility index (Phi) is 2.53. The van der Waals surface area contributed by atoms with Gasteiger partial charge in [-0.3, -0.25) is 4.79 Å². The molecule has 0 aromatic rings. The number of rotatable bonds is 2. The highest BCUT2D eigenvalue weighted by Gasteiger charge is 2.40. The van der Waals surface area contributed by atoms with Gasteiger partial charge >= 0.3 is 13.7 Å². The van der Waals surface area contributed by atoms with Crippen LogP contribution in [-0.4, -0.2) is 38.1 Å². The summed E-state index contributed by atoms with van der Waals surface area (Å²) in [7, 11) is -4.37. The van der Waals surface area contributed by atoms with Gasteiger partial charge in [0.15, 0.2) is 0 Å². The lowest BCUT2D eigenvalue weighted by molar-refractivity contribution is -0.141. The van der Waals surface area contributed by atoms with Gasteiger partial charge in [-0.05, 0) is 12.8 Å². The van der Waals surface area contributed by atoms with E-state index >= 15 is 0 Å². The van der Waals surface area contributed by atoms with E-state index in [0.717, 1.165) is 4.67 Å². The summed E-state index contributed by atoms with van der Waals surface area (Å²) in [4.78, 5) is 27.9. The SMILES string of the molecule is O=C(O)[C@@H]1CCCN1P(=O)(O)O. The summed E-state index contributed by atoms with van der Waals surface area (Å²) in [6, 6.07) is -1.02. The lowest BCUT2D eigenvalue weighted by atomic mass is 10.2. The van der Waals surface area contributed by atoms with Gasteiger partial charge in [0.1, 0.15) is 6.04 Å². The van der Waals surface area contributed by atoms with Gasteiger partial charge in [-0.25, -0.2) is 4.57 Å². The van der Waals surface area contributed by atoms with Gasteiger partial charge in [-0.2, -0.15) is 4.67 Å². The quantitative estimate of drug-likeness (QED) is 0.520. The number of carbonyl (C=O) groups is 1. The molecule has 1 heterocycles. The second kappa shape index (κ2) is 3.14. The predicted octanol–water partition coefficient (Wildman–Crippen LogP) is -0.372. The summed E-state index contributed by atoms with van der Waals surface area (Å²) in [6.45, 7) is 0.154. The van der Waals surface area contributed by atoms with Crippen LogP contribution >= 0.6 is 7.75 Å². The van der Waals surface area contributed by atoms with Crippen LogP contribution in [0, 0.1) is 0 Å². The molecule has 12 heavy (non-hydrogen) atoms. The molecule has 0 amide bonds. The summed E-state index contributed by atoms with van der Waals surface area (Å²) in [6.07, 6.45) is 0.822. The van der Waals surface area contributed by atoms with Crippen molar-refractivity contribution in [3.63, 3.8) is 0 Å². The fourth-order valence-electron chi connectivity index (χ4n) is 1.31. The fraction of sp³-hybridized carbons (Fsp3) is 0.800. The topological polar surface area (TPSA) is 98.1 Å². The van der Waals surface area contributed by atoms with Gasteiger partial charge in [0.05, 0.1) is 0 Å². The Morgan fingerprint density at radius 2 is 2.08 bits per heavy atom. The molecule has 1 saturated heterocycles. The minimum absolute atomic E-state index is 0.154. The minimum Gasteiger partial charge on any atom is -0.480 e. The van der Waals surface area contributed by atoms with E-state index in [0.29, 0.717) is 12.8 Å². The van der Waals surface area contributed by atoms with Gasteiger partial charge in [-0.15, -0.1) is 0 Å². The molecule has 1 fully saturated rings. The van der Waals surface area contributed by atoms with Gasteiger partial charge in [0.25, 0.3) is 0 Å². The van der Waals surface area contributed by atoms with Crippen LogP contribution in [0.3, 0.4) is 0 Å². The van der Waals surface area contributed by atoms with Crippen molar-refractivity contribution in [1.29, 1.82) is 0 Å². The van der Waals surface area contributed by atoms with Crippen LogP contribution in [0.2, 0.25) is 0 Å². The Bertz CT molecular complexity index is 236. The van der Waals surface area contributed by atoms with E-state index in [2.05, 4.69) is 0 Å². The van der Waals surface area contributed by atoms with E-state index in [-0.39, 0.29) is 6.54 Å². The zero-order valence-electron chi connectivity index (χ0n) is 6.25. The van der Waals surface area contributed by atoms with Gasteiger partial charge in [0.2, 0.25) is 0 Å². The molecule has 0 bridgehead atoms. The Morgan fingerprint density at radius 3 is 2.42 bits per heavy atom. The predicted molar refractivity (Wildman–Crippen MR) is 39.4 cm³/mol. The molecule has 6 nitrogen and oxygen atoms in total. The molecule has 1 rings (SSSR count). The van der Waals surface area contributed by atoms with Crippen molar-refractivity contribution in [2.45, 2.75) is 18.9 Å². The highest BCUT2D eigenvalue weighted by Crippen LogP contribution is 2.45. The van der Waals surface area contributed by atoms with Crippen LogP contribution in [-0.2, 0) is 9.36 Å². The third-order valence-corrected chi connectivity index (χ3v) is 2.99. The zero-order chi connectivity index (χ0) is 9.35. The number of carboxylic acids is 1. The van der Waals surface area contributed by atoms with Gasteiger partial charge < -0.3 is 14.9 Å². The van der Waals surface area contributed by atoms with Gasteiger partial charge in [-0.1, -0.05) is 0 Å². The third-order valence-electron chi connectivity index (χ3n) is 1.84. The molecule has 0 aromatic heterocycles. The lowest BCUT2D eigenvalue weighted by Gasteiger charge is -2.21. The van der Waals surface area contributed by atoms with Crippen molar-refractivity contribution in [1.82, 2.24) is 4.67 Å². The summed E-state index contributed by atoms with van der Waals surface area (Å²) in [5, 5.41) is 8.56. The number of carboxylic acid groups (broad SMARTS) is 1. The molecule has 0 aliphatic carbocycles. The molecular formula is C5H10NO5P. The number of nitrogens with zero attached hydrogens (tertiary/aromatic N) is 1. The molecule has 70 valence electrons. The molecule has 0 radical (unpaired) electrons. The molecule has 0 unspecified atom stereocenters. The summed E-state index contributed by atoms with van der Waals surface area (Å²) in [5.74, 6) is -1.17. The van der Waals surface area contributed by atoms with Crippen LogP contribution < -0.4 is 0 Å². The largest absolute Gasteiger partial charge is 0.480 e. The number of aliphatic carboxylic acids is 1. The number of hydrogen-bond acceptors (Lipinski definition) is 2. The molecular weight excluding hydrogens is 185 g/mol. The summed E-state index contributed by atoms with van der Waals surface area (Å²) < 4.78 is 11.4. The monoisotopic (exact) mass is 195 g/mol. The molecule has 0 spiro atoms. The average Bonchev–Trinajstić information content (AvgIpc) is 2.30. The summed E-state index contributed by atoms with van der Waals surface area (Å²) in [5.41, 5.74) is 0. The van der Waals surface area contributed by atoms with E-state index in [1.54, 1.807) is 0 Å². The normalized spacial score (nSPS) is 26.0. The Balaban J connectivity index is 2.78. The van der Waals surface area contributed by atoms with Crippen LogP contribution in [0.1, 0.15) is 12.8 Å². The van der Waals surface area contributed by atoms with Crippen LogP contribution in [0.25, 0.3) is 0 Å². The highest BCUT2D eigenvalue weighted by atomic mass is 31.2. The first-order valence-electron chi connectivity index (χ1n) is 3.48. The third kappa shape index (κ3) is 1.84. The van der Waals surface area contributed by atoms with E-state index in [4.69, 9.17) is 14.9 Å². The van der Waals surface area contributed by atoms with Crippen molar-refractivity contribution in [2.24, 2.45) is 0 Å². The first kappa shape index (κ1) is 9.67. The highest BCUT2D eigenvalue weighted by molar-refractivity contribution is 7.49. The van der Waals surface area contributed by atoms with E-state index < -0.39 is 19.8 Å². The first-order valence-corrected chi connectivity index (χ1v) is 5.05. The van der Waals surface area contributed by atoms with Crippen molar-refractivity contribution in [2.75, 3.05) is 6.54 Å². The second-order valence-electron chi connectivity index (χ2n) is 2.67. The average molecular weight is 195 g/mol.